The second kappa shape index (κ2) is 9.43. The van der Waals surface area contributed by atoms with E-state index in [-0.39, 0.29) is 18.3 Å². The van der Waals surface area contributed by atoms with Gasteiger partial charge in [-0.05, 0) is 42.8 Å². The van der Waals surface area contributed by atoms with Crippen LogP contribution in [0.5, 0.6) is 0 Å². The first kappa shape index (κ1) is 21.8. The molecule has 1 amide bonds. The van der Waals surface area contributed by atoms with E-state index in [1.807, 2.05) is 53.4 Å². The molecule has 0 bridgehead atoms. The third kappa shape index (κ3) is 4.52. The average molecular weight is 457 g/mol. The summed E-state index contributed by atoms with van der Waals surface area (Å²) in [5, 5.41) is 4.64. The van der Waals surface area contributed by atoms with Crippen LogP contribution in [0.2, 0.25) is 0 Å². The van der Waals surface area contributed by atoms with Gasteiger partial charge in [-0.2, -0.15) is 0 Å². The minimum absolute atomic E-state index is 0.00964. The molecule has 0 aliphatic carbocycles. The van der Waals surface area contributed by atoms with E-state index in [1.165, 1.54) is 6.07 Å². The van der Waals surface area contributed by atoms with Gasteiger partial charge in [0, 0.05) is 43.5 Å². The molecule has 1 aliphatic rings. The summed E-state index contributed by atoms with van der Waals surface area (Å²) in [6, 6.07) is 20.3. The Hall–Kier alpha value is -4.07. The lowest BCUT2D eigenvalue weighted by Gasteiger charge is -2.35. The maximum absolute atomic E-state index is 13.8. The number of hydrogen-bond acceptors (Lipinski definition) is 5. The minimum Gasteiger partial charge on any atom is -0.353 e. The van der Waals surface area contributed by atoms with Crippen LogP contribution in [0.25, 0.3) is 22.8 Å². The Labute approximate surface area is 197 Å². The fourth-order valence-electron chi connectivity index (χ4n) is 4.11. The number of benzene rings is 2. The molecule has 0 spiro atoms. The number of carbonyl (C=O) groups is 1. The van der Waals surface area contributed by atoms with Crippen LogP contribution in [-0.4, -0.2) is 56.7 Å². The Morgan fingerprint density at radius 2 is 1.71 bits per heavy atom. The molecule has 4 aromatic rings. The van der Waals surface area contributed by atoms with Crippen LogP contribution in [0.4, 0.5) is 10.2 Å². The molecule has 0 saturated carbocycles. The molecule has 3 heterocycles. The number of nitrogens with zero attached hydrogens (tertiary/aromatic N) is 6. The summed E-state index contributed by atoms with van der Waals surface area (Å²) < 4.78 is 15.4. The van der Waals surface area contributed by atoms with Crippen LogP contribution in [0.1, 0.15) is 5.56 Å². The zero-order valence-electron chi connectivity index (χ0n) is 18.9. The van der Waals surface area contributed by atoms with E-state index in [2.05, 4.69) is 15.0 Å². The number of carbonyl (C=O) groups excluding carboxylic acids is 1. The molecule has 2 aromatic heterocycles. The van der Waals surface area contributed by atoms with E-state index in [0.29, 0.717) is 35.9 Å². The predicted molar refractivity (Wildman–Crippen MR) is 129 cm³/mol. The molecule has 7 nitrogen and oxygen atoms in total. The lowest BCUT2D eigenvalue weighted by atomic mass is 10.1. The second-order valence-electron chi connectivity index (χ2n) is 8.30. The van der Waals surface area contributed by atoms with Crippen LogP contribution < -0.4 is 4.90 Å². The highest BCUT2D eigenvalue weighted by atomic mass is 19.1. The lowest BCUT2D eigenvalue weighted by Crippen LogP contribution is -2.49. The van der Waals surface area contributed by atoms with Gasteiger partial charge in [-0.15, -0.1) is 5.10 Å². The van der Waals surface area contributed by atoms with Gasteiger partial charge in [0.1, 0.15) is 18.2 Å². The molecule has 2 aromatic carbocycles. The smallest absolute Gasteiger partial charge is 0.244 e. The summed E-state index contributed by atoms with van der Waals surface area (Å²) in [5.74, 6) is 1.72. The van der Waals surface area contributed by atoms with Gasteiger partial charge >= 0.3 is 0 Å². The minimum atomic E-state index is -0.272. The van der Waals surface area contributed by atoms with Crippen molar-refractivity contribution in [1.82, 2.24) is 24.6 Å². The van der Waals surface area contributed by atoms with E-state index in [9.17, 15) is 9.18 Å². The number of amides is 1. The van der Waals surface area contributed by atoms with E-state index in [1.54, 1.807) is 29.9 Å². The highest BCUT2D eigenvalue weighted by Crippen LogP contribution is 2.24. The number of anilines is 1. The van der Waals surface area contributed by atoms with Crippen molar-refractivity contribution in [3.63, 3.8) is 0 Å². The first-order valence-corrected chi connectivity index (χ1v) is 11.3. The molecule has 0 N–H and O–H groups in total. The molecule has 0 unspecified atom stereocenters. The molecule has 1 saturated heterocycles. The fourth-order valence-corrected chi connectivity index (χ4v) is 4.11. The standard InChI is InChI=1S/C26H25FN6O/c1-19-17-21(10-11-22(19)27)25-29-26(20-7-3-2-4-8-20)33(30-25)18-24(34)32-15-13-31(14-16-32)23-9-5-6-12-28-23/h2-12,17H,13-16,18H2,1H3. The van der Waals surface area contributed by atoms with Crippen molar-refractivity contribution in [3.8, 4) is 22.8 Å². The third-order valence-electron chi connectivity index (χ3n) is 6.01. The maximum atomic E-state index is 13.8. The van der Waals surface area contributed by atoms with Crippen molar-refractivity contribution in [3.05, 3.63) is 84.3 Å². The van der Waals surface area contributed by atoms with Crippen molar-refractivity contribution in [2.75, 3.05) is 31.1 Å². The Bertz CT molecular complexity index is 1280. The van der Waals surface area contributed by atoms with Crippen LogP contribution >= 0.6 is 0 Å². The number of piperazine rings is 1. The first-order chi connectivity index (χ1) is 16.6. The van der Waals surface area contributed by atoms with E-state index >= 15 is 0 Å². The van der Waals surface area contributed by atoms with Crippen molar-refractivity contribution in [1.29, 1.82) is 0 Å². The summed E-state index contributed by atoms with van der Waals surface area (Å²) in [6.45, 7) is 4.49. The van der Waals surface area contributed by atoms with Crippen LogP contribution in [0, 0.1) is 12.7 Å². The molecular weight excluding hydrogens is 431 g/mol. The highest BCUT2D eigenvalue weighted by molar-refractivity contribution is 5.77. The zero-order valence-corrected chi connectivity index (χ0v) is 18.9. The van der Waals surface area contributed by atoms with Crippen LogP contribution in [-0.2, 0) is 11.3 Å². The van der Waals surface area contributed by atoms with Crippen molar-refractivity contribution >= 4 is 11.7 Å². The number of aryl methyl sites for hydroxylation is 1. The zero-order chi connectivity index (χ0) is 23.5. The SMILES string of the molecule is Cc1cc(-c2nc(-c3ccccc3)n(CC(=O)N3CCN(c4ccccn4)CC3)n2)ccc1F. The van der Waals surface area contributed by atoms with Gasteiger partial charge in [0.2, 0.25) is 5.91 Å². The highest BCUT2D eigenvalue weighted by Gasteiger charge is 2.24. The molecular formula is C26H25FN6O. The largest absolute Gasteiger partial charge is 0.353 e. The average Bonchev–Trinajstić information content (AvgIpc) is 3.30. The Morgan fingerprint density at radius 3 is 2.41 bits per heavy atom. The monoisotopic (exact) mass is 456 g/mol. The predicted octanol–water partition coefficient (Wildman–Crippen LogP) is 3.80. The van der Waals surface area contributed by atoms with Gasteiger partial charge < -0.3 is 9.80 Å². The quantitative estimate of drug-likeness (QED) is 0.457. The Balaban J connectivity index is 1.36. The van der Waals surface area contributed by atoms with Crippen molar-refractivity contribution in [2.24, 2.45) is 0 Å². The summed E-state index contributed by atoms with van der Waals surface area (Å²) in [6.07, 6.45) is 1.78. The summed E-state index contributed by atoms with van der Waals surface area (Å²) in [7, 11) is 0. The molecule has 172 valence electrons. The second-order valence-corrected chi connectivity index (χ2v) is 8.30. The number of aromatic nitrogens is 4. The summed E-state index contributed by atoms with van der Waals surface area (Å²) in [5.41, 5.74) is 2.11. The van der Waals surface area contributed by atoms with Gasteiger partial charge in [-0.25, -0.2) is 19.0 Å². The van der Waals surface area contributed by atoms with Crippen molar-refractivity contribution in [2.45, 2.75) is 13.5 Å². The van der Waals surface area contributed by atoms with Gasteiger partial charge in [-0.1, -0.05) is 36.4 Å². The summed E-state index contributed by atoms with van der Waals surface area (Å²) >= 11 is 0. The van der Waals surface area contributed by atoms with Gasteiger partial charge in [0.25, 0.3) is 0 Å². The Kier molecular flexibility index (Phi) is 6.03. The van der Waals surface area contributed by atoms with Crippen LogP contribution in [0.15, 0.2) is 72.9 Å². The molecule has 1 aliphatic heterocycles. The third-order valence-corrected chi connectivity index (χ3v) is 6.01. The normalized spacial score (nSPS) is 13.8. The van der Waals surface area contributed by atoms with Gasteiger partial charge in [-0.3, -0.25) is 4.79 Å². The number of halogens is 1. The van der Waals surface area contributed by atoms with E-state index in [4.69, 9.17) is 4.98 Å². The fraction of sp³-hybridized carbons (Fsp3) is 0.231. The Morgan fingerprint density at radius 1 is 0.941 bits per heavy atom. The molecule has 1 fully saturated rings. The van der Waals surface area contributed by atoms with E-state index < -0.39 is 0 Å². The van der Waals surface area contributed by atoms with E-state index in [0.717, 1.165) is 24.5 Å². The van der Waals surface area contributed by atoms with Crippen molar-refractivity contribution < 1.29 is 9.18 Å². The molecule has 0 atom stereocenters. The lowest BCUT2D eigenvalue weighted by molar-refractivity contribution is -0.132. The van der Waals surface area contributed by atoms with Gasteiger partial charge in [0.15, 0.2) is 11.6 Å². The summed E-state index contributed by atoms with van der Waals surface area (Å²) in [4.78, 5) is 26.4. The van der Waals surface area contributed by atoms with Gasteiger partial charge in [0.05, 0.1) is 0 Å². The molecule has 34 heavy (non-hydrogen) atoms. The topological polar surface area (TPSA) is 67.2 Å². The molecule has 0 radical (unpaired) electrons. The maximum Gasteiger partial charge on any atom is 0.244 e. The number of pyridine rings is 1. The molecule has 5 rings (SSSR count). The first-order valence-electron chi connectivity index (χ1n) is 11.3. The van der Waals surface area contributed by atoms with Crippen LogP contribution in [0.3, 0.4) is 0 Å². The number of hydrogen-bond donors (Lipinski definition) is 0. The number of rotatable bonds is 5. The molecule has 8 heteroatoms.